The first-order valence-corrected chi connectivity index (χ1v) is 12.4. The molecule has 1 saturated heterocycles. The summed E-state index contributed by atoms with van der Waals surface area (Å²) in [6, 6.07) is 2.41. The minimum Gasteiger partial charge on any atom is -0.378 e. The van der Waals surface area contributed by atoms with Crippen molar-refractivity contribution in [2.75, 3.05) is 26.3 Å². The molecular formula is C26H29F2N5O3. The lowest BCUT2D eigenvalue weighted by atomic mass is 9.77. The summed E-state index contributed by atoms with van der Waals surface area (Å²) in [6.45, 7) is 2.41. The molecule has 190 valence electrons. The molecule has 10 heteroatoms. The van der Waals surface area contributed by atoms with Gasteiger partial charge in [0.2, 0.25) is 5.91 Å². The molecule has 1 aliphatic heterocycles. The molecular weight excluding hydrogens is 468 g/mol. The van der Waals surface area contributed by atoms with E-state index in [0.717, 1.165) is 37.9 Å². The molecule has 8 nitrogen and oxygen atoms in total. The molecule has 0 radical (unpaired) electrons. The van der Waals surface area contributed by atoms with E-state index in [9.17, 15) is 14.0 Å². The number of rotatable bonds is 6. The van der Waals surface area contributed by atoms with Crippen molar-refractivity contribution in [1.29, 1.82) is 0 Å². The van der Waals surface area contributed by atoms with Crippen LogP contribution in [0.25, 0.3) is 22.3 Å². The summed E-state index contributed by atoms with van der Waals surface area (Å²) in [4.78, 5) is 38.2. The minimum atomic E-state index is -0.819. The predicted octanol–water partition coefficient (Wildman–Crippen LogP) is 3.60. The van der Waals surface area contributed by atoms with Crippen LogP contribution < -0.4 is 5.73 Å². The van der Waals surface area contributed by atoms with Crippen LogP contribution in [0.3, 0.4) is 0 Å². The van der Waals surface area contributed by atoms with Gasteiger partial charge in [0.1, 0.15) is 17.3 Å². The van der Waals surface area contributed by atoms with E-state index in [2.05, 4.69) is 15.0 Å². The number of carbonyl (C=O) groups excluding carboxylic acids is 2. The average Bonchev–Trinajstić information content (AvgIpc) is 3.28. The van der Waals surface area contributed by atoms with Crippen molar-refractivity contribution < 1.29 is 23.1 Å². The zero-order valence-electron chi connectivity index (χ0n) is 19.9. The van der Waals surface area contributed by atoms with Gasteiger partial charge in [0.15, 0.2) is 0 Å². The highest BCUT2D eigenvalue weighted by atomic mass is 19.1. The zero-order chi connectivity index (χ0) is 25.2. The van der Waals surface area contributed by atoms with Gasteiger partial charge in [0.05, 0.1) is 36.4 Å². The lowest BCUT2D eigenvalue weighted by molar-refractivity contribution is -0.136. The number of carbonyl (C=O) groups is 2. The van der Waals surface area contributed by atoms with Gasteiger partial charge in [-0.05, 0) is 43.2 Å². The molecule has 3 N–H and O–H groups in total. The number of hydrogen-bond acceptors (Lipinski definition) is 5. The summed E-state index contributed by atoms with van der Waals surface area (Å²) in [6.07, 6.45) is 7.20. The molecule has 5 rings (SSSR count). The van der Waals surface area contributed by atoms with Gasteiger partial charge in [-0.2, -0.15) is 0 Å². The Balaban J connectivity index is 1.37. The second-order valence-corrected chi connectivity index (χ2v) is 9.73. The molecule has 36 heavy (non-hydrogen) atoms. The number of nitrogens with zero attached hydrogens (tertiary/aromatic N) is 3. The van der Waals surface area contributed by atoms with E-state index in [1.165, 1.54) is 6.07 Å². The van der Waals surface area contributed by atoms with Gasteiger partial charge < -0.3 is 20.4 Å². The van der Waals surface area contributed by atoms with Gasteiger partial charge in [-0.15, -0.1) is 0 Å². The van der Waals surface area contributed by atoms with E-state index < -0.39 is 17.5 Å². The number of nitrogens with one attached hydrogen (secondary N) is 1. The van der Waals surface area contributed by atoms with Crippen LogP contribution >= 0.6 is 0 Å². The maximum Gasteiger partial charge on any atom is 0.251 e. The molecule has 1 saturated carbocycles. The van der Waals surface area contributed by atoms with Crippen molar-refractivity contribution >= 4 is 22.8 Å². The molecule has 0 unspecified atom stereocenters. The Labute approximate surface area is 207 Å². The standard InChI is InChI=1S/C26H29F2N5O3/c27-17-11-18-20(14-31-26(18)30-13-17)24-19(25(29)35)12-21(28)22(32-24)9-15-2-1-3-16(8-15)10-23(34)33-4-6-36-7-5-33/h11-16H,1-10H2,(H2,29,35)(H,30,31)/t15-,16+/m0/s1. The fourth-order valence-electron chi connectivity index (χ4n) is 5.47. The normalized spacial score (nSPS) is 20.6. The Kier molecular flexibility index (Phi) is 6.95. The lowest BCUT2D eigenvalue weighted by Crippen LogP contribution is -2.41. The summed E-state index contributed by atoms with van der Waals surface area (Å²) in [7, 11) is 0. The van der Waals surface area contributed by atoms with Crippen molar-refractivity contribution in [3.8, 4) is 11.3 Å². The van der Waals surface area contributed by atoms with Crippen molar-refractivity contribution in [3.05, 3.63) is 47.4 Å². The van der Waals surface area contributed by atoms with Crippen molar-refractivity contribution in [2.45, 2.75) is 38.5 Å². The van der Waals surface area contributed by atoms with Gasteiger partial charge in [-0.1, -0.05) is 12.8 Å². The fourth-order valence-corrected chi connectivity index (χ4v) is 5.47. The third-order valence-electron chi connectivity index (χ3n) is 7.27. The number of ether oxygens (including phenoxy) is 1. The highest BCUT2D eigenvalue weighted by Crippen LogP contribution is 2.35. The van der Waals surface area contributed by atoms with Crippen molar-refractivity contribution in [1.82, 2.24) is 19.9 Å². The van der Waals surface area contributed by atoms with Crippen LogP contribution in [-0.4, -0.2) is 58.0 Å². The van der Waals surface area contributed by atoms with Crippen molar-refractivity contribution in [2.24, 2.45) is 17.6 Å². The van der Waals surface area contributed by atoms with E-state index in [0.29, 0.717) is 55.7 Å². The molecule has 2 atom stereocenters. The largest absolute Gasteiger partial charge is 0.378 e. The van der Waals surface area contributed by atoms with Gasteiger partial charge in [-0.3, -0.25) is 9.59 Å². The number of amides is 2. The Hall–Kier alpha value is -3.40. The summed E-state index contributed by atoms with van der Waals surface area (Å²) in [5.74, 6) is -1.39. The maximum atomic E-state index is 15.1. The third-order valence-corrected chi connectivity index (χ3v) is 7.27. The van der Waals surface area contributed by atoms with E-state index in [1.54, 1.807) is 6.20 Å². The van der Waals surface area contributed by atoms with E-state index in [4.69, 9.17) is 10.5 Å². The Morgan fingerprint density at radius 2 is 1.94 bits per heavy atom. The number of halogens is 2. The molecule has 2 aliphatic rings. The van der Waals surface area contributed by atoms with Gasteiger partial charge in [0, 0.05) is 36.7 Å². The molecule has 0 spiro atoms. The Morgan fingerprint density at radius 1 is 1.17 bits per heavy atom. The minimum absolute atomic E-state index is 0.0703. The summed E-state index contributed by atoms with van der Waals surface area (Å²) in [5.41, 5.74) is 6.76. The first-order chi connectivity index (χ1) is 17.4. The van der Waals surface area contributed by atoms with Crippen LogP contribution in [0.5, 0.6) is 0 Å². The first-order valence-electron chi connectivity index (χ1n) is 12.4. The number of H-pyrrole nitrogens is 1. The second-order valence-electron chi connectivity index (χ2n) is 9.73. The van der Waals surface area contributed by atoms with Crippen LogP contribution in [0.15, 0.2) is 24.5 Å². The van der Waals surface area contributed by atoms with Crippen molar-refractivity contribution in [3.63, 3.8) is 0 Å². The number of pyridine rings is 2. The summed E-state index contributed by atoms with van der Waals surface area (Å²) < 4.78 is 34.3. The van der Waals surface area contributed by atoms with Gasteiger partial charge >= 0.3 is 0 Å². The molecule has 0 bridgehead atoms. The SMILES string of the molecule is NC(=O)c1cc(F)c(C[C@H]2CCC[C@@H](CC(=O)N3CCOCC3)C2)nc1-c1c[nH]c2ncc(F)cc12. The Bertz CT molecular complexity index is 1290. The highest BCUT2D eigenvalue weighted by Gasteiger charge is 2.28. The number of hydrogen-bond donors (Lipinski definition) is 2. The number of aromatic amines is 1. The number of nitrogens with two attached hydrogens (primary N) is 1. The summed E-state index contributed by atoms with van der Waals surface area (Å²) >= 11 is 0. The Morgan fingerprint density at radius 3 is 2.72 bits per heavy atom. The molecule has 1 aliphatic carbocycles. The van der Waals surface area contributed by atoms with Gasteiger partial charge in [-0.25, -0.2) is 18.7 Å². The van der Waals surface area contributed by atoms with E-state index in [1.807, 2.05) is 4.90 Å². The van der Waals surface area contributed by atoms with Crippen LogP contribution in [0.1, 0.15) is 48.2 Å². The van der Waals surface area contributed by atoms with Crippen LogP contribution in [0.2, 0.25) is 0 Å². The summed E-state index contributed by atoms with van der Waals surface area (Å²) in [5, 5.41) is 0.432. The topological polar surface area (TPSA) is 114 Å². The average molecular weight is 498 g/mol. The first kappa shape index (κ1) is 24.3. The molecule has 4 heterocycles. The van der Waals surface area contributed by atoms with Crippen LogP contribution in [-0.2, 0) is 16.0 Å². The highest BCUT2D eigenvalue weighted by molar-refractivity contribution is 6.03. The van der Waals surface area contributed by atoms with Crippen LogP contribution in [0.4, 0.5) is 8.78 Å². The smallest absolute Gasteiger partial charge is 0.251 e. The van der Waals surface area contributed by atoms with Crippen LogP contribution in [0, 0.1) is 23.5 Å². The fraction of sp³-hybridized carbons (Fsp3) is 0.462. The molecule has 3 aromatic rings. The number of aromatic nitrogens is 3. The number of fused-ring (bicyclic) bond motifs is 1. The van der Waals surface area contributed by atoms with Gasteiger partial charge in [0.25, 0.3) is 5.91 Å². The van der Waals surface area contributed by atoms with E-state index >= 15 is 4.39 Å². The second kappa shape index (κ2) is 10.3. The molecule has 2 fully saturated rings. The zero-order valence-corrected chi connectivity index (χ0v) is 19.9. The number of morpholine rings is 1. The maximum absolute atomic E-state index is 15.1. The third kappa shape index (κ3) is 5.09. The predicted molar refractivity (Wildman–Crippen MR) is 129 cm³/mol. The molecule has 3 aromatic heterocycles. The quantitative estimate of drug-likeness (QED) is 0.540. The molecule has 2 amide bonds. The number of primary amides is 1. The monoisotopic (exact) mass is 497 g/mol. The molecule has 0 aromatic carbocycles. The van der Waals surface area contributed by atoms with E-state index in [-0.39, 0.29) is 34.7 Å². The lowest BCUT2D eigenvalue weighted by Gasteiger charge is -2.32.